The van der Waals surface area contributed by atoms with Crippen LogP contribution >= 0.6 is 0 Å². The smallest absolute Gasteiger partial charge is 0.254 e. The molecule has 0 radical (unpaired) electrons. The Morgan fingerprint density at radius 3 is 2.57 bits per heavy atom. The fourth-order valence-electron chi connectivity index (χ4n) is 2.11. The third kappa shape index (κ3) is 3.93. The van der Waals surface area contributed by atoms with Crippen molar-refractivity contribution >= 4 is 15.9 Å². The molecule has 0 atom stereocenters. The van der Waals surface area contributed by atoms with Crippen LogP contribution in [0.3, 0.4) is 0 Å². The zero-order chi connectivity index (χ0) is 17.0. The van der Waals surface area contributed by atoms with E-state index in [0.29, 0.717) is 11.4 Å². The lowest BCUT2D eigenvalue weighted by atomic mass is 10.2. The lowest BCUT2D eigenvalue weighted by Crippen LogP contribution is -2.35. The number of rotatable bonds is 6. The third-order valence-corrected chi connectivity index (χ3v) is 4.87. The number of hydrogen-bond acceptors (Lipinski definition) is 4. The maximum Gasteiger partial charge on any atom is 0.254 e. The number of halogens is 1. The molecule has 3 N–H and O–H groups in total. The highest BCUT2D eigenvalue weighted by atomic mass is 32.2. The van der Waals surface area contributed by atoms with Gasteiger partial charge in [-0.2, -0.15) is 5.10 Å². The second-order valence-electron chi connectivity index (χ2n) is 4.90. The summed E-state index contributed by atoms with van der Waals surface area (Å²) in [6.45, 7) is 3.20. The van der Waals surface area contributed by atoms with Gasteiger partial charge >= 0.3 is 0 Å². The van der Waals surface area contributed by atoms with Gasteiger partial charge in [-0.25, -0.2) is 17.5 Å². The number of nitrogens with zero attached hydrogens (tertiary/aromatic N) is 1. The molecule has 0 aliphatic heterocycles. The second-order valence-corrected chi connectivity index (χ2v) is 6.60. The van der Waals surface area contributed by atoms with Crippen LogP contribution in [0.15, 0.2) is 29.2 Å². The van der Waals surface area contributed by atoms with Crippen molar-refractivity contribution in [1.82, 2.24) is 20.2 Å². The SMILES string of the molecule is Cc1n[nH]c(C)c1S(=O)(=O)NCCNC(=O)c1ccccc1F. The number of H-pyrrole nitrogens is 1. The van der Waals surface area contributed by atoms with Crippen molar-refractivity contribution in [1.29, 1.82) is 0 Å². The first kappa shape index (κ1) is 17.1. The zero-order valence-corrected chi connectivity index (χ0v) is 13.5. The summed E-state index contributed by atoms with van der Waals surface area (Å²) >= 11 is 0. The average molecular weight is 340 g/mol. The Labute approximate surface area is 133 Å². The van der Waals surface area contributed by atoms with Crippen LogP contribution in [0, 0.1) is 19.7 Å². The Bertz CT molecular complexity index is 798. The van der Waals surface area contributed by atoms with E-state index in [4.69, 9.17) is 0 Å². The molecule has 0 bridgehead atoms. The molecule has 1 aromatic carbocycles. The van der Waals surface area contributed by atoms with Gasteiger partial charge in [0.25, 0.3) is 5.91 Å². The minimum atomic E-state index is -3.72. The van der Waals surface area contributed by atoms with Crippen LogP contribution in [-0.2, 0) is 10.0 Å². The molecule has 2 aromatic rings. The highest BCUT2D eigenvalue weighted by Crippen LogP contribution is 2.15. The van der Waals surface area contributed by atoms with Crippen molar-refractivity contribution in [2.75, 3.05) is 13.1 Å². The number of nitrogens with one attached hydrogen (secondary N) is 3. The largest absolute Gasteiger partial charge is 0.351 e. The number of carbonyl (C=O) groups excluding carboxylic acids is 1. The number of aromatic amines is 1. The molecule has 0 saturated heterocycles. The number of benzene rings is 1. The molecule has 0 saturated carbocycles. The number of hydrogen-bond donors (Lipinski definition) is 3. The molecule has 23 heavy (non-hydrogen) atoms. The maximum atomic E-state index is 13.4. The Morgan fingerprint density at radius 2 is 1.96 bits per heavy atom. The van der Waals surface area contributed by atoms with E-state index in [2.05, 4.69) is 20.2 Å². The highest BCUT2D eigenvalue weighted by molar-refractivity contribution is 7.89. The molecule has 7 nitrogen and oxygen atoms in total. The lowest BCUT2D eigenvalue weighted by Gasteiger charge is -2.08. The highest BCUT2D eigenvalue weighted by Gasteiger charge is 2.21. The van der Waals surface area contributed by atoms with Gasteiger partial charge in [-0.3, -0.25) is 9.89 Å². The number of aryl methyl sites for hydroxylation is 2. The summed E-state index contributed by atoms with van der Waals surface area (Å²) in [5.74, 6) is -1.23. The van der Waals surface area contributed by atoms with E-state index in [1.54, 1.807) is 19.9 Å². The predicted molar refractivity (Wildman–Crippen MR) is 82.0 cm³/mol. The van der Waals surface area contributed by atoms with Gasteiger partial charge in [0, 0.05) is 13.1 Å². The Hall–Kier alpha value is -2.26. The minimum absolute atomic E-state index is 0.0212. The second kappa shape index (κ2) is 6.88. The Balaban J connectivity index is 1.91. The van der Waals surface area contributed by atoms with Crippen molar-refractivity contribution < 1.29 is 17.6 Å². The van der Waals surface area contributed by atoms with E-state index in [1.165, 1.54) is 18.2 Å². The van der Waals surface area contributed by atoms with E-state index >= 15 is 0 Å². The molecule has 0 spiro atoms. The monoisotopic (exact) mass is 340 g/mol. The number of carbonyl (C=O) groups is 1. The number of amides is 1. The van der Waals surface area contributed by atoms with Crippen LogP contribution in [0.25, 0.3) is 0 Å². The van der Waals surface area contributed by atoms with Gasteiger partial charge in [-0.05, 0) is 26.0 Å². The molecule has 1 heterocycles. The van der Waals surface area contributed by atoms with E-state index in [-0.39, 0.29) is 23.5 Å². The summed E-state index contributed by atoms with van der Waals surface area (Å²) in [7, 11) is -3.72. The summed E-state index contributed by atoms with van der Waals surface area (Å²) in [6, 6.07) is 5.57. The van der Waals surface area contributed by atoms with Crippen LogP contribution in [0.4, 0.5) is 4.39 Å². The topological polar surface area (TPSA) is 104 Å². The van der Waals surface area contributed by atoms with Crippen LogP contribution in [0.5, 0.6) is 0 Å². The molecule has 1 amide bonds. The summed E-state index contributed by atoms with van der Waals surface area (Å²) < 4.78 is 40.1. The summed E-state index contributed by atoms with van der Waals surface area (Å²) in [6.07, 6.45) is 0. The van der Waals surface area contributed by atoms with E-state index < -0.39 is 21.7 Å². The van der Waals surface area contributed by atoms with Crippen molar-refractivity contribution in [3.63, 3.8) is 0 Å². The minimum Gasteiger partial charge on any atom is -0.351 e. The molecule has 0 unspecified atom stereocenters. The summed E-state index contributed by atoms with van der Waals surface area (Å²) in [5, 5.41) is 8.89. The van der Waals surface area contributed by atoms with Crippen molar-refractivity contribution in [2.45, 2.75) is 18.7 Å². The lowest BCUT2D eigenvalue weighted by molar-refractivity contribution is 0.0950. The normalized spacial score (nSPS) is 11.4. The standard InChI is InChI=1S/C14H17FN4O3S/c1-9-13(10(2)19-18-9)23(21,22)17-8-7-16-14(20)11-5-3-4-6-12(11)15/h3-6,17H,7-8H2,1-2H3,(H,16,20)(H,18,19). The van der Waals surface area contributed by atoms with Gasteiger partial charge in [-0.15, -0.1) is 0 Å². The van der Waals surface area contributed by atoms with Crippen LogP contribution in [0.2, 0.25) is 0 Å². The molecular weight excluding hydrogens is 323 g/mol. The number of sulfonamides is 1. The average Bonchev–Trinajstić information content (AvgIpc) is 2.83. The summed E-state index contributed by atoms with van der Waals surface area (Å²) in [5.41, 5.74) is 0.715. The summed E-state index contributed by atoms with van der Waals surface area (Å²) in [4.78, 5) is 11.9. The maximum absolute atomic E-state index is 13.4. The van der Waals surface area contributed by atoms with E-state index in [0.717, 1.165) is 0 Å². The fraction of sp³-hybridized carbons (Fsp3) is 0.286. The van der Waals surface area contributed by atoms with E-state index in [9.17, 15) is 17.6 Å². The van der Waals surface area contributed by atoms with Gasteiger partial charge in [0.15, 0.2) is 0 Å². The fourth-order valence-corrected chi connectivity index (χ4v) is 3.51. The Kier molecular flexibility index (Phi) is 5.12. The zero-order valence-electron chi connectivity index (χ0n) is 12.7. The third-order valence-electron chi connectivity index (χ3n) is 3.15. The molecule has 2 rings (SSSR count). The first-order valence-corrected chi connectivity index (χ1v) is 8.35. The van der Waals surface area contributed by atoms with Gasteiger partial charge in [0.1, 0.15) is 10.7 Å². The molecule has 124 valence electrons. The quantitative estimate of drug-likeness (QED) is 0.679. The van der Waals surface area contributed by atoms with Gasteiger partial charge in [0.2, 0.25) is 10.0 Å². The molecule has 1 aromatic heterocycles. The first-order chi connectivity index (χ1) is 10.8. The van der Waals surface area contributed by atoms with Gasteiger partial charge in [0.05, 0.1) is 17.0 Å². The van der Waals surface area contributed by atoms with Crippen LogP contribution in [-0.4, -0.2) is 37.6 Å². The molecule has 0 aliphatic carbocycles. The van der Waals surface area contributed by atoms with Crippen molar-refractivity contribution in [3.05, 3.63) is 47.0 Å². The van der Waals surface area contributed by atoms with Gasteiger partial charge < -0.3 is 5.32 Å². The Morgan fingerprint density at radius 1 is 1.26 bits per heavy atom. The predicted octanol–water partition coefficient (Wildman–Crippen LogP) is 0.874. The van der Waals surface area contributed by atoms with Gasteiger partial charge in [-0.1, -0.05) is 12.1 Å². The first-order valence-electron chi connectivity index (χ1n) is 6.87. The molecular formula is C14H17FN4O3S. The van der Waals surface area contributed by atoms with Crippen LogP contribution in [0.1, 0.15) is 21.7 Å². The molecule has 0 fully saturated rings. The number of aromatic nitrogens is 2. The van der Waals surface area contributed by atoms with Crippen LogP contribution < -0.4 is 10.0 Å². The van der Waals surface area contributed by atoms with E-state index in [1.807, 2.05) is 0 Å². The molecule has 9 heteroatoms. The molecule has 0 aliphatic rings. The van der Waals surface area contributed by atoms with Crippen molar-refractivity contribution in [3.8, 4) is 0 Å². The van der Waals surface area contributed by atoms with Crippen molar-refractivity contribution in [2.24, 2.45) is 0 Å².